The van der Waals surface area contributed by atoms with Gasteiger partial charge in [-0.25, -0.2) is 17.9 Å². The number of rotatable bonds is 3. The Morgan fingerprint density at radius 1 is 1.00 bits per heavy atom. The van der Waals surface area contributed by atoms with Crippen LogP contribution in [0.3, 0.4) is 0 Å². The van der Waals surface area contributed by atoms with E-state index in [4.69, 9.17) is 5.26 Å². The van der Waals surface area contributed by atoms with E-state index in [9.17, 15) is 18.0 Å². The first-order valence-corrected chi connectivity index (χ1v) is 7.19. The molecule has 0 N–H and O–H groups in total. The van der Waals surface area contributed by atoms with Crippen molar-refractivity contribution in [3.63, 3.8) is 0 Å². The lowest BCUT2D eigenvalue weighted by Gasteiger charge is -2.08. The van der Waals surface area contributed by atoms with Crippen molar-refractivity contribution in [1.82, 2.24) is 9.78 Å². The largest absolute Gasteiger partial charge is 0.268 e. The van der Waals surface area contributed by atoms with Gasteiger partial charge in [-0.15, -0.1) is 0 Å². The summed E-state index contributed by atoms with van der Waals surface area (Å²) in [7, 11) is 0. The lowest BCUT2D eigenvalue weighted by atomic mass is 10.1. The van der Waals surface area contributed by atoms with Crippen molar-refractivity contribution in [1.29, 1.82) is 5.26 Å². The van der Waals surface area contributed by atoms with E-state index in [-0.39, 0.29) is 23.4 Å². The predicted octanol–water partition coefficient (Wildman–Crippen LogP) is 3.25. The van der Waals surface area contributed by atoms with E-state index in [0.717, 1.165) is 28.9 Å². The standard InChI is InChI=1S/C18H10F3N3O/c19-14-6-12(7-15(20)8-14)17-3-4-18(25)24(23-17)10-11-1-2-16(21)13(5-11)9-22/h1-8H,10H2. The van der Waals surface area contributed by atoms with E-state index in [2.05, 4.69) is 5.10 Å². The van der Waals surface area contributed by atoms with E-state index in [1.165, 1.54) is 24.3 Å². The van der Waals surface area contributed by atoms with Gasteiger partial charge in [0.15, 0.2) is 0 Å². The second-order valence-corrected chi connectivity index (χ2v) is 5.30. The lowest BCUT2D eigenvalue weighted by Crippen LogP contribution is -2.23. The van der Waals surface area contributed by atoms with Gasteiger partial charge in [-0.3, -0.25) is 4.79 Å². The molecule has 7 heteroatoms. The Balaban J connectivity index is 2.00. The molecule has 3 aromatic rings. The number of halogens is 3. The van der Waals surface area contributed by atoms with Crippen molar-refractivity contribution in [2.75, 3.05) is 0 Å². The van der Waals surface area contributed by atoms with Crippen LogP contribution >= 0.6 is 0 Å². The number of aromatic nitrogens is 2. The zero-order chi connectivity index (χ0) is 18.0. The average Bonchev–Trinajstić information content (AvgIpc) is 2.57. The third-order valence-corrected chi connectivity index (χ3v) is 3.51. The third-order valence-electron chi connectivity index (χ3n) is 3.51. The second kappa shape index (κ2) is 6.61. The Labute approximate surface area is 140 Å². The molecule has 124 valence electrons. The highest BCUT2D eigenvalue weighted by Crippen LogP contribution is 2.19. The average molecular weight is 341 g/mol. The molecule has 0 aliphatic heterocycles. The van der Waals surface area contributed by atoms with E-state index < -0.39 is 23.0 Å². The monoisotopic (exact) mass is 341 g/mol. The highest BCUT2D eigenvalue weighted by molar-refractivity contribution is 5.58. The van der Waals surface area contributed by atoms with Crippen LogP contribution in [0.15, 0.2) is 53.3 Å². The molecule has 0 unspecified atom stereocenters. The molecule has 0 aliphatic carbocycles. The summed E-state index contributed by atoms with van der Waals surface area (Å²) in [5, 5.41) is 13.0. The molecule has 25 heavy (non-hydrogen) atoms. The summed E-state index contributed by atoms with van der Waals surface area (Å²) in [4.78, 5) is 12.0. The first-order valence-electron chi connectivity index (χ1n) is 7.19. The van der Waals surface area contributed by atoms with Gasteiger partial charge in [-0.05, 0) is 35.9 Å². The maximum atomic E-state index is 13.4. The number of hydrogen-bond acceptors (Lipinski definition) is 3. The van der Waals surface area contributed by atoms with Crippen LogP contribution in [0.25, 0.3) is 11.3 Å². The van der Waals surface area contributed by atoms with Crippen LogP contribution in [0.2, 0.25) is 0 Å². The highest BCUT2D eigenvalue weighted by atomic mass is 19.1. The van der Waals surface area contributed by atoms with Gasteiger partial charge in [0.05, 0.1) is 17.8 Å². The van der Waals surface area contributed by atoms with E-state index in [1.807, 2.05) is 0 Å². The van der Waals surface area contributed by atoms with Gasteiger partial charge in [0.2, 0.25) is 0 Å². The molecule has 0 amide bonds. The predicted molar refractivity (Wildman–Crippen MR) is 84.1 cm³/mol. The topological polar surface area (TPSA) is 58.7 Å². The minimum absolute atomic E-state index is 0.0145. The first kappa shape index (κ1) is 16.5. The number of nitriles is 1. The molecule has 0 bridgehead atoms. The van der Waals surface area contributed by atoms with Gasteiger partial charge in [-0.2, -0.15) is 10.4 Å². The molecule has 0 saturated heterocycles. The fraction of sp³-hybridized carbons (Fsp3) is 0.0556. The summed E-state index contributed by atoms with van der Waals surface area (Å²) in [6, 6.07) is 11.1. The van der Waals surface area contributed by atoms with Crippen molar-refractivity contribution in [2.45, 2.75) is 6.54 Å². The molecule has 1 heterocycles. The van der Waals surface area contributed by atoms with Gasteiger partial charge in [0.25, 0.3) is 5.56 Å². The molecule has 0 saturated carbocycles. The molecule has 0 aliphatic rings. The van der Waals surface area contributed by atoms with Crippen molar-refractivity contribution < 1.29 is 13.2 Å². The van der Waals surface area contributed by atoms with Gasteiger partial charge in [0.1, 0.15) is 23.5 Å². The first-order chi connectivity index (χ1) is 12.0. The van der Waals surface area contributed by atoms with E-state index >= 15 is 0 Å². The summed E-state index contributed by atoms with van der Waals surface area (Å²) in [6.45, 7) is -0.0145. The van der Waals surface area contributed by atoms with Crippen molar-refractivity contribution in [3.05, 3.63) is 87.5 Å². The van der Waals surface area contributed by atoms with Gasteiger partial charge >= 0.3 is 0 Å². The van der Waals surface area contributed by atoms with Crippen LogP contribution < -0.4 is 5.56 Å². The Bertz CT molecular complexity index is 1030. The van der Waals surface area contributed by atoms with Crippen molar-refractivity contribution >= 4 is 0 Å². The van der Waals surface area contributed by atoms with Gasteiger partial charge in [0, 0.05) is 17.7 Å². The normalized spacial score (nSPS) is 10.5. The maximum Gasteiger partial charge on any atom is 0.267 e. The SMILES string of the molecule is N#Cc1cc(Cn2nc(-c3cc(F)cc(F)c3)ccc2=O)ccc1F. The molecular formula is C18H10F3N3O. The Morgan fingerprint density at radius 3 is 2.40 bits per heavy atom. The fourth-order valence-electron chi connectivity index (χ4n) is 2.35. The van der Waals surface area contributed by atoms with Crippen LogP contribution in [-0.4, -0.2) is 9.78 Å². The molecule has 4 nitrogen and oxygen atoms in total. The minimum atomic E-state index is -0.758. The summed E-state index contributed by atoms with van der Waals surface area (Å²) >= 11 is 0. The number of benzene rings is 2. The molecule has 0 atom stereocenters. The van der Waals surface area contributed by atoms with E-state index in [1.54, 1.807) is 6.07 Å². The molecule has 0 fully saturated rings. The summed E-state index contributed by atoms with van der Waals surface area (Å²) in [6.07, 6.45) is 0. The third kappa shape index (κ3) is 3.58. The van der Waals surface area contributed by atoms with Gasteiger partial charge in [-0.1, -0.05) is 6.07 Å². The second-order valence-electron chi connectivity index (χ2n) is 5.30. The maximum absolute atomic E-state index is 13.4. The van der Waals surface area contributed by atoms with Crippen LogP contribution in [0.1, 0.15) is 11.1 Å². The van der Waals surface area contributed by atoms with Crippen molar-refractivity contribution in [2.24, 2.45) is 0 Å². The quantitative estimate of drug-likeness (QED) is 0.735. The lowest BCUT2D eigenvalue weighted by molar-refractivity contribution is 0.583. The highest BCUT2D eigenvalue weighted by Gasteiger charge is 2.09. The molecule has 0 radical (unpaired) electrons. The zero-order valence-corrected chi connectivity index (χ0v) is 12.7. The molecule has 3 rings (SSSR count). The smallest absolute Gasteiger partial charge is 0.267 e. The molecule has 1 aromatic heterocycles. The van der Waals surface area contributed by atoms with E-state index in [0.29, 0.717) is 5.56 Å². The Morgan fingerprint density at radius 2 is 1.72 bits per heavy atom. The fourth-order valence-corrected chi connectivity index (χ4v) is 2.35. The van der Waals surface area contributed by atoms with Crippen LogP contribution in [0, 0.1) is 28.8 Å². The zero-order valence-electron chi connectivity index (χ0n) is 12.7. The Hall–Kier alpha value is -3.40. The van der Waals surface area contributed by atoms with Crippen LogP contribution in [0.4, 0.5) is 13.2 Å². The van der Waals surface area contributed by atoms with Gasteiger partial charge < -0.3 is 0 Å². The van der Waals surface area contributed by atoms with Crippen LogP contribution in [-0.2, 0) is 6.54 Å². The van der Waals surface area contributed by atoms with Crippen molar-refractivity contribution in [3.8, 4) is 17.3 Å². The summed E-state index contributed by atoms with van der Waals surface area (Å²) in [5.74, 6) is -2.17. The summed E-state index contributed by atoms with van der Waals surface area (Å²) in [5.41, 5.74) is 0.302. The number of hydrogen-bond donors (Lipinski definition) is 0. The van der Waals surface area contributed by atoms with Crippen LogP contribution in [0.5, 0.6) is 0 Å². The number of nitrogens with zero attached hydrogens (tertiary/aromatic N) is 3. The Kier molecular flexibility index (Phi) is 4.35. The molecular weight excluding hydrogens is 331 g/mol. The molecule has 0 spiro atoms. The minimum Gasteiger partial charge on any atom is -0.268 e. The molecule has 2 aromatic carbocycles. The summed E-state index contributed by atoms with van der Waals surface area (Å²) < 4.78 is 41.2.